The number of carboxylic acid groups (broad SMARTS) is 1. The highest BCUT2D eigenvalue weighted by molar-refractivity contribution is 5.87. The Kier molecular flexibility index (Phi) is 3.58. The van der Waals surface area contributed by atoms with Crippen LogP contribution in [0.4, 0.5) is 8.78 Å². The molecule has 1 aromatic carbocycles. The summed E-state index contributed by atoms with van der Waals surface area (Å²) in [6.45, 7) is 2.99. The number of fused-ring (bicyclic) bond motifs is 1. The second-order valence-corrected chi connectivity index (χ2v) is 5.32. The standard InChI is InChI=1S/C14H17F2NO2/c1-9-5-12-6-10(13(18)19)3-4-11(12)7-17(9)8-14(2,15)16/h3-4,6,9H,5,7-8H2,1-2H3,(H,18,19). The van der Waals surface area contributed by atoms with Crippen LogP contribution in [0.1, 0.15) is 35.3 Å². The lowest BCUT2D eigenvalue weighted by atomic mass is 9.93. The molecule has 0 saturated carbocycles. The highest BCUT2D eigenvalue weighted by Crippen LogP contribution is 2.27. The Bertz CT molecular complexity index is 497. The Morgan fingerprint density at radius 1 is 1.47 bits per heavy atom. The quantitative estimate of drug-likeness (QED) is 0.917. The van der Waals surface area contributed by atoms with Gasteiger partial charge in [0.2, 0.25) is 0 Å². The molecule has 1 atom stereocenters. The molecule has 1 unspecified atom stereocenters. The number of rotatable bonds is 3. The van der Waals surface area contributed by atoms with Crippen LogP contribution in [-0.4, -0.2) is 34.5 Å². The van der Waals surface area contributed by atoms with Crippen molar-refractivity contribution < 1.29 is 18.7 Å². The summed E-state index contributed by atoms with van der Waals surface area (Å²) in [7, 11) is 0. The van der Waals surface area contributed by atoms with Gasteiger partial charge in [0.15, 0.2) is 0 Å². The molecule has 104 valence electrons. The van der Waals surface area contributed by atoms with Gasteiger partial charge in [-0.2, -0.15) is 0 Å². The molecular formula is C14H17F2NO2. The molecule has 19 heavy (non-hydrogen) atoms. The van der Waals surface area contributed by atoms with E-state index in [-0.39, 0.29) is 18.2 Å². The van der Waals surface area contributed by atoms with E-state index in [1.165, 1.54) is 6.07 Å². The SMILES string of the molecule is CC1Cc2cc(C(=O)O)ccc2CN1CC(C)(F)F. The maximum atomic E-state index is 13.1. The van der Waals surface area contributed by atoms with Gasteiger partial charge >= 0.3 is 5.97 Å². The topological polar surface area (TPSA) is 40.5 Å². The van der Waals surface area contributed by atoms with Gasteiger partial charge < -0.3 is 5.11 Å². The summed E-state index contributed by atoms with van der Waals surface area (Å²) in [6, 6.07) is 4.89. The third-order valence-corrected chi connectivity index (χ3v) is 3.45. The van der Waals surface area contributed by atoms with Crippen molar-refractivity contribution in [3.05, 3.63) is 34.9 Å². The van der Waals surface area contributed by atoms with Crippen LogP contribution in [0.5, 0.6) is 0 Å². The van der Waals surface area contributed by atoms with E-state index in [9.17, 15) is 13.6 Å². The van der Waals surface area contributed by atoms with Gasteiger partial charge in [-0.1, -0.05) is 6.07 Å². The summed E-state index contributed by atoms with van der Waals surface area (Å²) in [5, 5.41) is 8.95. The van der Waals surface area contributed by atoms with Gasteiger partial charge in [0, 0.05) is 19.5 Å². The molecule has 1 heterocycles. The number of alkyl halides is 2. The molecule has 3 nitrogen and oxygen atoms in total. The third kappa shape index (κ3) is 3.29. The van der Waals surface area contributed by atoms with Crippen molar-refractivity contribution in [3.63, 3.8) is 0 Å². The van der Waals surface area contributed by atoms with Crippen LogP contribution >= 0.6 is 0 Å². The molecule has 0 fully saturated rings. The van der Waals surface area contributed by atoms with E-state index < -0.39 is 11.9 Å². The van der Waals surface area contributed by atoms with Gasteiger partial charge in [-0.25, -0.2) is 13.6 Å². The van der Waals surface area contributed by atoms with E-state index in [1.54, 1.807) is 17.0 Å². The maximum Gasteiger partial charge on any atom is 0.335 e. The molecule has 0 radical (unpaired) electrons. The van der Waals surface area contributed by atoms with Gasteiger partial charge in [-0.15, -0.1) is 0 Å². The van der Waals surface area contributed by atoms with E-state index in [4.69, 9.17) is 5.11 Å². The van der Waals surface area contributed by atoms with Crippen molar-refractivity contribution in [3.8, 4) is 0 Å². The number of hydrogen-bond donors (Lipinski definition) is 1. The predicted molar refractivity (Wildman–Crippen MR) is 67.6 cm³/mol. The zero-order chi connectivity index (χ0) is 14.2. The van der Waals surface area contributed by atoms with Crippen molar-refractivity contribution >= 4 is 5.97 Å². The Hall–Kier alpha value is -1.49. The normalized spacial score (nSPS) is 20.1. The first-order chi connectivity index (χ1) is 8.76. The summed E-state index contributed by atoms with van der Waals surface area (Å²) in [5.74, 6) is -3.68. The monoisotopic (exact) mass is 269 g/mol. The number of aromatic carboxylic acids is 1. The van der Waals surface area contributed by atoms with Crippen LogP contribution in [0.2, 0.25) is 0 Å². The summed E-state index contributed by atoms with van der Waals surface area (Å²) in [4.78, 5) is 12.6. The van der Waals surface area contributed by atoms with Gasteiger partial charge in [-0.3, -0.25) is 4.90 Å². The van der Waals surface area contributed by atoms with Gasteiger partial charge in [0.1, 0.15) is 0 Å². The molecule has 0 saturated heterocycles. The fraction of sp³-hybridized carbons (Fsp3) is 0.500. The average molecular weight is 269 g/mol. The number of carbonyl (C=O) groups is 1. The van der Waals surface area contributed by atoms with E-state index in [0.29, 0.717) is 13.0 Å². The number of nitrogens with zero attached hydrogens (tertiary/aromatic N) is 1. The summed E-state index contributed by atoms with van der Waals surface area (Å²) in [6.07, 6.45) is 0.604. The molecule has 5 heteroatoms. The van der Waals surface area contributed by atoms with Crippen molar-refractivity contribution in [1.29, 1.82) is 0 Å². The highest BCUT2D eigenvalue weighted by atomic mass is 19.3. The van der Waals surface area contributed by atoms with Crippen molar-refractivity contribution in [2.24, 2.45) is 0 Å². The fourth-order valence-electron chi connectivity index (χ4n) is 2.49. The van der Waals surface area contributed by atoms with E-state index in [0.717, 1.165) is 18.1 Å². The predicted octanol–water partition coefficient (Wildman–Crippen LogP) is 2.79. The third-order valence-electron chi connectivity index (χ3n) is 3.45. The van der Waals surface area contributed by atoms with Crippen molar-refractivity contribution in [2.45, 2.75) is 38.8 Å². The molecule has 1 aromatic rings. The molecule has 0 spiro atoms. The second-order valence-electron chi connectivity index (χ2n) is 5.32. The molecule has 0 aliphatic carbocycles. The highest BCUT2D eigenvalue weighted by Gasteiger charge is 2.31. The molecule has 1 N–H and O–H groups in total. The smallest absolute Gasteiger partial charge is 0.335 e. The zero-order valence-electron chi connectivity index (χ0n) is 11.0. The number of halogens is 2. The minimum atomic E-state index is -2.72. The number of carboxylic acids is 1. The minimum absolute atomic E-state index is 0.0117. The van der Waals surface area contributed by atoms with E-state index >= 15 is 0 Å². The molecular weight excluding hydrogens is 252 g/mol. The lowest BCUT2D eigenvalue weighted by Crippen LogP contribution is -2.44. The van der Waals surface area contributed by atoms with Crippen LogP contribution in [0, 0.1) is 0 Å². The first-order valence-electron chi connectivity index (χ1n) is 6.23. The largest absolute Gasteiger partial charge is 0.478 e. The first-order valence-corrected chi connectivity index (χ1v) is 6.23. The lowest BCUT2D eigenvalue weighted by Gasteiger charge is -2.36. The number of hydrogen-bond acceptors (Lipinski definition) is 2. The van der Waals surface area contributed by atoms with Crippen LogP contribution in [0.25, 0.3) is 0 Å². The number of benzene rings is 1. The van der Waals surface area contributed by atoms with Gasteiger partial charge in [-0.05, 0) is 36.6 Å². The molecule has 2 rings (SSSR count). The lowest BCUT2D eigenvalue weighted by molar-refractivity contribution is -0.0290. The van der Waals surface area contributed by atoms with Gasteiger partial charge in [0.25, 0.3) is 5.92 Å². The minimum Gasteiger partial charge on any atom is -0.478 e. The second kappa shape index (κ2) is 4.89. The Morgan fingerprint density at radius 3 is 2.74 bits per heavy atom. The summed E-state index contributed by atoms with van der Waals surface area (Å²) >= 11 is 0. The zero-order valence-corrected chi connectivity index (χ0v) is 11.0. The van der Waals surface area contributed by atoms with Crippen LogP contribution < -0.4 is 0 Å². The summed E-state index contributed by atoms with van der Waals surface area (Å²) < 4.78 is 26.2. The molecule has 0 bridgehead atoms. The van der Waals surface area contributed by atoms with Crippen LogP contribution in [0.15, 0.2) is 18.2 Å². The Morgan fingerprint density at radius 2 is 2.16 bits per heavy atom. The molecule has 1 aliphatic rings. The van der Waals surface area contributed by atoms with Crippen molar-refractivity contribution in [2.75, 3.05) is 6.54 Å². The van der Waals surface area contributed by atoms with Crippen LogP contribution in [-0.2, 0) is 13.0 Å². The maximum absolute atomic E-state index is 13.1. The van der Waals surface area contributed by atoms with Crippen LogP contribution in [0.3, 0.4) is 0 Å². The molecule has 1 aliphatic heterocycles. The molecule has 0 aromatic heterocycles. The molecule has 0 amide bonds. The van der Waals surface area contributed by atoms with E-state index in [2.05, 4.69) is 0 Å². The first kappa shape index (κ1) is 13.9. The Labute approximate surface area is 110 Å². The average Bonchev–Trinajstić information content (AvgIpc) is 2.27. The summed E-state index contributed by atoms with van der Waals surface area (Å²) in [5.41, 5.74) is 2.13. The van der Waals surface area contributed by atoms with Gasteiger partial charge in [0.05, 0.1) is 12.1 Å². The van der Waals surface area contributed by atoms with Crippen molar-refractivity contribution in [1.82, 2.24) is 4.90 Å². The van der Waals surface area contributed by atoms with E-state index in [1.807, 2.05) is 6.92 Å². The fourth-order valence-corrected chi connectivity index (χ4v) is 2.49. The Balaban J connectivity index is 2.22.